The van der Waals surface area contributed by atoms with E-state index < -0.39 is 0 Å². The lowest BCUT2D eigenvalue weighted by molar-refractivity contribution is 0.0767. The molecule has 0 spiro atoms. The Morgan fingerprint density at radius 1 is 1.33 bits per heavy atom. The van der Waals surface area contributed by atoms with E-state index in [4.69, 9.17) is 9.84 Å². The van der Waals surface area contributed by atoms with Crippen LogP contribution in [0.1, 0.15) is 24.2 Å². The number of aliphatic hydroxyl groups is 1. The molecule has 1 amide bonds. The third-order valence-corrected chi connectivity index (χ3v) is 2.47. The third kappa shape index (κ3) is 4.37. The summed E-state index contributed by atoms with van der Waals surface area (Å²) in [5.41, 5.74) is 0.600. The fraction of sp³-hybridized carbons (Fsp3) is 0.500. The molecular weight excluding hydrogens is 230 g/mol. The smallest absolute Gasteiger partial charge is 0.253 e. The maximum atomic E-state index is 11.9. The van der Waals surface area contributed by atoms with Crippen molar-refractivity contribution in [1.29, 1.82) is 0 Å². The van der Waals surface area contributed by atoms with Gasteiger partial charge in [0.05, 0.1) is 13.2 Å². The van der Waals surface area contributed by atoms with Crippen molar-refractivity contribution in [3.05, 3.63) is 29.8 Å². The van der Waals surface area contributed by atoms with Gasteiger partial charge in [0.25, 0.3) is 5.91 Å². The number of carbonyl (C=O) groups is 1. The van der Waals surface area contributed by atoms with Crippen molar-refractivity contribution in [2.24, 2.45) is 5.92 Å². The van der Waals surface area contributed by atoms with Gasteiger partial charge in [0.2, 0.25) is 0 Å². The number of aliphatic hydroxyl groups excluding tert-OH is 1. The molecule has 0 aromatic heterocycles. The highest BCUT2D eigenvalue weighted by Gasteiger charge is 2.10. The van der Waals surface area contributed by atoms with Gasteiger partial charge < -0.3 is 14.7 Å². The summed E-state index contributed by atoms with van der Waals surface area (Å²) in [7, 11) is 1.67. The minimum absolute atomic E-state index is 0.0299. The Morgan fingerprint density at radius 3 is 2.44 bits per heavy atom. The Hall–Kier alpha value is -1.55. The van der Waals surface area contributed by atoms with Crippen LogP contribution in [0.25, 0.3) is 0 Å². The maximum absolute atomic E-state index is 11.9. The van der Waals surface area contributed by atoms with Gasteiger partial charge in [-0.2, -0.15) is 0 Å². The molecule has 4 nitrogen and oxygen atoms in total. The fourth-order valence-corrected chi connectivity index (χ4v) is 1.43. The molecule has 18 heavy (non-hydrogen) atoms. The fourth-order valence-electron chi connectivity index (χ4n) is 1.43. The molecule has 0 fully saturated rings. The Morgan fingerprint density at radius 2 is 1.94 bits per heavy atom. The Labute approximate surface area is 108 Å². The molecule has 0 bridgehead atoms. The van der Waals surface area contributed by atoms with Crippen LogP contribution in [-0.2, 0) is 0 Å². The second-order valence-electron chi connectivity index (χ2n) is 4.68. The Kier molecular flexibility index (Phi) is 5.65. The minimum Gasteiger partial charge on any atom is -0.493 e. The lowest BCUT2D eigenvalue weighted by Gasteiger charge is -2.16. The number of carbonyl (C=O) groups excluding carboxylic acids is 1. The highest BCUT2D eigenvalue weighted by Crippen LogP contribution is 2.14. The average molecular weight is 251 g/mol. The van der Waals surface area contributed by atoms with Crippen LogP contribution in [0, 0.1) is 5.92 Å². The highest BCUT2D eigenvalue weighted by molar-refractivity contribution is 5.94. The number of ether oxygens (including phenoxy) is 1. The van der Waals surface area contributed by atoms with Gasteiger partial charge in [-0.15, -0.1) is 0 Å². The molecule has 0 aliphatic rings. The van der Waals surface area contributed by atoms with E-state index in [1.807, 2.05) is 0 Å². The first-order valence-electron chi connectivity index (χ1n) is 6.13. The summed E-state index contributed by atoms with van der Waals surface area (Å²) >= 11 is 0. The zero-order valence-electron chi connectivity index (χ0n) is 11.2. The quantitative estimate of drug-likeness (QED) is 0.838. The summed E-state index contributed by atoms with van der Waals surface area (Å²) in [5.74, 6) is 1.14. The maximum Gasteiger partial charge on any atom is 0.253 e. The molecule has 1 aromatic carbocycles. The molecule has 1 rings (SSSR count). The highest BCUT2D eigenvalue weighted by atomic mass is 16.5. The lowest BCUT2D eigenvalue weighted by atomic mass is 10.2. The molecule has 1 N–H and O–H groups in total. The molecule has 100 valence electrons. The van der Waals surface area contributed by atoms with Gasteiger partial charge in [-0.25, -0.2) is 0 Å². The average Bonchev–Trinajstić information content (AvgIpc) is 2.36. The van der Waals surface area contributed by atoms with Gasteiger partial charge in [0.1, 0.15) is 5.75 Å². The van der Waals surface area contributed by atoms with Crippen LogP contribution < -0.4 is 4.74 Å². The molecule has 0 unspecified atom stereocenters. The van der Waals surface area contributed by atoms with Crippen LogP contribution in [-0.4, -0.2) is 42.7 Å². The number of amides is 1. The largest absolute Gasteiger partial charge is 0.493 e. The summed E-state index contributed by atoms with van der Waals surface area (Å²) in [5, 5.41) is 8.78. The lowest BCUT2D eigenvalue weighted by Crippen LogP contribution is -2.29. The van der Waals surface area contributed by atoms with Crippen LogP contribution in [0.2, 0.25) is 0 Å². The number of rotatable bonds is 6. The van der Waals surface area contributed by atoms with E-state index in [1.54, 1.807) is 31.3 Å². The molecule has 0 aliphatic carbocycles. The van der Waals surface area contributed by atoms with Crippen molar-refractivity contribution in [2.75, 3.05) is 26.8 Å². The van der Waals surface area contributed by atoms with Crippen molar-refractivity contribution in [1.82, 2.24) is 4.90 Å². The van der Waals surface area contributed by atoms with E-state index >= 15 is 0 Å². The van der Waals surface area contributed by atoms with Crippen molar-refractivity contribution < 1.29 is 14.6 Å². The SMILES string of the molecule is CC(C)COc1ccc(C(=O)N(C)CCO)cc1. The number of benzene rings is 1. The summed E-state index contributed by atoms with van der Waals surface area (Å²) in [6.07, 6.45) is 0. The van der Waals surface area contributed by atoms with Gasteiger partial charge >= 0.3 is 0 Å². The van der Waals surface area contributed by atoms with Crippen LogP contribution in [0.15, 0.2) is 24.3 Å². The first-order valence-corrected chi connectivity index (χ1v) is 6.13. The molecule has 4 heteroatoms. The Bertz CT molecular complexity index is 373. The van der Waals surface area contributed by atoms with E-state index in [1.165, 1.54) is 4.90 Å². The van der Waals surface area contributed by atoms with Crippen molar-refractivity contribution in [3.8, 4) is 5.75 Å². The number of likely N-dealkylation sites (N-methyl/N-ethyl adjacent to an activating group) is 1. The van der Waals surface area contributed by atoms with E-state index in [-0.39, 0.29) is 12.5 Å². The van der Waals surface area contributed by atoms with E-state index in [9.17, 15) is 4.79 Å². The second-order valence-corrected chi connectivity index (χ2v) is 4.68. The van der Waals surface area contributed by atoms with Crippen molar-refractivity contribution in [3.63, 3.8) is 0 Å². The Balaban J connectivity index is 2.62. The van der Waals surface area contributed by atoms with E-state index in [0.29, 0.717) is 24.6 Å². The van der Waals surface area contributed by atoms with E-state index in [2.05, 4.69) is 13.8 Å². The van der Waals surface area contributed by atoms with E-state index in [0.717, 1.165) is 5.75 Å². The van der Waals surface area contributed by atoms with Crippen LogP contribution in [0.5, 0.6) is 5.75 Å². The van der Waals surface area contributed by atoms with Gasteiger partial charge in [-0.3, -0.25) is 4.79 Å². The predicted molar refractivity (Wildman–Crippen MR) is 70.8 cm³/mol. The topological polar surface area (TPSA) is 49.8 Å². The first-order chi connectivity index (χ1) is 8.54. The molecule has 0 heterocycles. The summed E-state index contributed by atoms with van der Waals surface area (Å²) in [6, 6.07) is 7.07. The molecule has 0 saturated carbocycles. The normalized spacial score (nSPS) is 10.5. The third-order valence-electron chi connectivity index (χ3n) is 2.47. The number of nitrogens with zero attached hydrogens (tertiary/aromatic N) is 1. The van der Waals surface area contributed by atoms with Crippen LogP contribution in [0.4, 0.5) is 0 Å². The zero-order chi connectivity index (χ0) is 13.5. The van der Waals surface area contributed by atoms with Gasteiger partial charge in [0, 0.05) is 19.2 Å². The van der Waals surface area contributed by atoms with Gasteiger partial charge in [-0.05, 0) is 30.2 Å². The number of hydrogen-bond donors (Lipinski definition) is 1. The summed E-state index contributed by atoms with van der Waals surface area (Å²) in [6.45, 7) is 5.14. The van der Waals surface area contributed by atoms with Gasteiger partial charge in [-0.1, -0.05) is 13.8 Å². The molecular formula is C14H21NO3. The predicted octanol–water partition coefficient (Wildman–Crippen LogP) is 1.79. The van der Waals surface area contributed by atoms with Gasteiger partial charge in [0.15, 0.2) is 0 Å². The van der Waals surface area contributed by atoms with Crippen molar-refractivity contribution >= 4 is 5.91 Å². The molecule has 0 atom stereocenters. The standard InChI is InChI=1S/C14H21NO3/c1-11(2)10-18-13-6-4-12(5-7-13)14(17)15(3)8-9-16/h4-7,11,16H,8-10H2,1-3H3. The molecule has 0 radical (unpaired) electrons. The van der Waals surface area contributed by atoms with Crippen LogP contribution in [0.3, 0.4) is 0 Å². The molecule has 0 aliphatic heterocycles. The number of hydrogen-bond acceptors (Lipinski definition) is 3. The van der Waals surface area contributed by atoms with Crippen molar-refractivity contribution in [2.45, 2.75) is 13.8 Å². The molecule has 1 aromatic rings. The first kappa shape index (κ1) is 14.5. The minimum atomic E-state index is -0.0977. The zero-order valence-corrected chi connectivity index (χ0v) is 11.2. The summed E-state index contributed by atoms with van der Waals surface area (Å²) in [4.78, 5) is 13.4. The second kappa shape index (κ2) is 7.01. The monoisotopic (exact) mass is 251 g/mol. The summed E-state index contributed by atoms with van der Waals surface area (Å²) < 4.78 is 5.55. The molecule has 0 saturated heterocycles. The van der Waals surface area contributed by atoms with Crippen LogP contribution >= 0.6 is 0 Å².